The van der Waals surface area contributed by atoms with E-state index in [1.807, 2.05) is 0 Å². The Morgan fingerprint density at radius 3 is 2.30 bits per heavy atom. The second-order valence-electron chi connectivity index (χ2n) is 8.50. The lowest BCUT2D eigenvalue weighted by Gasteiger charge is -2.55. The Bertz CT molecular complexity index is 845. The molecule has 1 heterocycles. The Hall–Kier alpha value is -1.89. The summed E-state index contributed by atoms with van der Waals surface area (Å²) in [5.41, 5.74) is 0.273. The number of hydrogen-bond donors (Lipinski definition) is 0. The van der Waals surface area contributed by atoms with E-state index in [0.717, 1.165) is 24.2 Å². The molecule has 4 saturated carbocycles. The minimum atomic E-state index is -0.315. The molecule has 2 aromatic rings. The average molecular weight is 388 g/mol. The van der Waals surface area contributed by atoms with Crippen LogP contribution in [0.15, 0.2) is 33.7 Å². The zero-order chi connectivity index (χ0) is 18.6. The fourth-order valence-electron chi connectivity index (χ4n) is 6.02. The van der Waals surface area contributed by atoms with E-state index in [-0.39, 0.29) is 21.8 Å². The van der Waals surface area contributed by atoms with Crippen molar-refractivity contribution in [3.05, 3.63) is 51.7 Å². The summed E-state index contributed by atoms with van der Waals surface area (Å²) in [6.45, 7) is 0. The molecule has 5 nitrogen and oxygen atoms in total. The van der Waals surface area contributed by atoms with Crippen LogP contribution in [-0.2, 0) is 11.2 Å². The van der Waals surface area contributed by atoms with Gasteiger partial charge in [-0.25, -0.2) is 4.39 Å². The van der Waals surface area contributed by atoms with Gasteiger partial charge >= 0.3 is 5.69 Å². The Morgan fingerprint density at radius 1 is 1.15 bits per heavy atom. The topological polar surface area (TPSA) is 69.2 Å². The van der Waals surface area contributed by atoms with E-state index in [1.165, 1.54) is 43.2 Å². The van der Waals surface area contributed by atoms with Crippen LogP contribution in [0.1, 0.15) is 50.0 Å². The van der Waals surface area contributed by atoms with Gasteiger partial charge in [0, 0.05) is 10.3 Å². The molecule has 0 aliphatic heterocycles. The molecule has 0 unspecified atom stereocenters. The van der Waals surface area contributed by atoms with Gasteiger partial charge < -0.3 is 4.52 Å². The van der Waals surface area contributed by atoms with Gasteiger partial charge in [0.15, 0.2) is 5.69 Å². The SMILES string of the molecule is O=[N+]([O-])c1c(CSc2ccc(F)cc2)noc1C12CC3CC(CC(C3)C1)C2. The summed E-state index contributed by atoms with van der Waals surface area (Å²) in [5.74, 6) is 2.60. The number of benzene rings is 1. The number of aromatic nitrogens is 1. The van der Waals surface area contributed by atoms with E-state index in [1.54, 1.807) is 12.1 Å². The van der Waals surface area contributed by atoms with Gasteiger partial charge in [-0.3, -0.25) is 10.1 Å². The number of rotatable bonds is 5. The minimum absolute atomic E-state index is 0.0755. The van der Waals surface area contributed by atoms with Crippen molar-refractivity contribution < 1.29 is 13.8 Å². The zero-order valence-corrected chi connectivity index (χ0v) is 15.7. The van der Waals surface area contributed by atoms with Crippen molar-refractivity contribution in [2.24, 2.45) is 17.8 Å². The Labute approximate surface area is 160 Å². The Kier molecular flexibility index (Phi) is 4.04. The molecule has 7 heteroatoms. The summed E-state index contributed by atoms with van der Waals surface area (Å²) in [7, 11) is 0. The number of thioether (sulfide) groups is 1. The molecule has 4 aliphatic carbocycles. The van der Waals surface area contributed by atoms with Crippen molar-refractivity contribution in [2.45, 2.75) is 54.6 Å². The molecule has 0 atom stereocenters. The summed E-state index contributed by atoms with van der Waals surface area (Å²) >= 11 is 1.41. The molecule has 27 heavy (non-hydrogen) atoms. The van der Waals surface area contributed by atoms with Gasteiger partial charge in [0.1, 0.15) is 5.82 Å². The Morgan fingerprint density at radius 2 is 1.74 bits per heavy atom. The van der Waals surface area contributed by atoms with E-state index in [9.17, 15) is 14.5 Å². The van der Waals surface area contributed by atoms with Crippen molar-refractivity contribution in [1.29, 1.82) is 0 Å². The molecular weight excluding hydrogens is 367 g/mol. The zero-order valence-electron chi connectivity index (χ0n) is 14.9. The summed E-state index contributed by atoms with van der Waals surface area (Å²) < 4.78 is 18.7. The predicted molar refractivity (Wildman–Crippen MR) is 99.0 cm³/mol. The maximum atomic E-state index is 13.1. The minimum Gasteiger partial charge on any atom is -0.353 e. The van der Waals surface area contributed by atoms with Crippen LogP contribution in [0.5, 0.6) is 0 Å². The van der Waals surface area contributed by atoms with Crippen LogP contribution in [0.25, 0.3) is 0 Å². The highest BCUT2D eigenvalue weighted by molar-refractivity contribution is 7.98. The van der Waals surface area contributed by atoms with Crippen molar-refractivity contribution in [1.82, 2.24) is 5.16 Å². The first-order valence-corrected chi connectivity index (χ1v) is 10.5. The van der Waals surface area contributed by atoms with E-state index in [0.29, 0.717) is 35.0 Å². The fraction of sp³-hybridized carbons (Fsp3) is 0.550. The monoisotopic (exact) mass is 388 g/mol. The van der Waals surface area contributed by atoms with Crippen molar-refractivity contribution in [3.63, 3.8) is 0 Å². The number of hydrogen-bond acceptors (Lipinski definition) is 5. The molecule has 1 aromatic heterocycles. The highest BCUT2D eigenvalue weighted by Gasteiger charge is 2.56. The van der Waals surface area contributed by atoms with Crippen LogP contribution in [0.3, 0.4) is 0 Å². The van der Waals surface area contributed by atoms with Crippen LogP contribution in [0.4, 0.5) is 10.1 Å². The molecule has 0 radical (unpaired) electrons. The number of nitrogens with zero attached hydrogens (tertiary/aromatic N) is 2. The van der Waals surface area contributed by atoms with E-state index in [4.69, 9.17) is 4.52 Å². The van der Waals surface area contributed by atoms with Gasteiger partial charge in [-0.15, -0.1) is 11.8 Å². The smallest absolute Gasteiger partial charge is 0.336 e. The predicted octanol–water partition coefficient (Wildman–Crippen LogP) is 5.48. The van der Waals surface area contributed by atoms with Crippen molar-refractivity contribution in [2.75, 3.05) is 0 Å². The third-order valence-corrected chi connectivity index (χ3v) is 7.65. The summed E-state index contributed by atoms with van der Waals surface area (Å²) in [6.07, 6.45) is 6.82. The normalized spacial score (nSPS) is 31.4. The van der Waals surface area contributed by atoms with Crippen molar-refractivity contribution in [3.8, 4) is 0 Å². The van der Waals surface area contributed by atoms with Crippen LogP contribution >= 0.6 is 11.8 Å². The van der Waals surface area contributed by atoms with Gasteiger partial charge in [0.05, 0.1) is 10.7 Å². The van der Waals surface area contributed by atoms with Crippen LogP contribution in [0, 0.1) is 33.7 Å². The molecule has 142 valence electrons. The average Bonchev–Trinajstić information content (AvgIpc) is 3.05. The fourth-order valence-corrected chi connectivity index (χ4v) is 6.84. The molecule has 4 fully saturated rings. The standard InChI is InChI=1S/C20H21FN2O3S/c21-15-1-3-16(4-2-15)27-11-17-18(23(24)25)19(26-22-17)20-8-12-5-13(9-20)7-14(6-12)10-20/h1-4,12-14H,5-11H2. The lowest BCUT2D eigenvalue weighted by atomic mass is 9.49. The van der Waals surface area contributed by atoms with Crippen LogP contribution in [-0.4, -0.2) is 10.1 Å². The van der Waals surface area contributed by atoms with Gasteiger partial charge in [-0.1, -0.05) is 5.16 Å². The molecule has 4 aliphatic rings. The number of halogens is 1. The molecular formula is C20H21FN2O3S. The molecule has 0 amide bonds. The Balaban J connectivity index is 1.44. The second-order valence-corrected chi connectivity index (χ2v) is 9.55. The first kappa shape index (κ1) is 17.2. The molecule has 0 spiro atoms. The summed E-state index contributed by atoms with van der Waals surface area (Å²) in [6, 6.07) is 6.12. The second kappa shape index (κ2) is 6.33. The van der Waals surface area contributed by atoms with Crippen LogP contribution in [0.2, 0.25) is 0 Å². The molecule has 1 aromatic carbocycles. The highest BCUT2D eigenvalue weighted by Crippen LogP contribution is 2.62. The molecule has 0 N–H and O–H groups in total. The molecule has 0 saturated heterocycles. The maximum absolute atomic E-state index is 13.1. The largest absolute Gasteiger partial charge is 0.353 e. The molecule has 4 bridgehead atoms. The van der Waals surface area contributed by atoms with Gasteiger partial charge in [0.2, 0.25) is 5.76 Å². The highest BCUT2D eigenvalue weighted by atomic mass is 32.2. The van der Waals surface area contributed by atoms with Crippen molar-refractivity contribution >= 4 is 17.4 Å². The van der Waals surface area contributed by atoms with Gasteiger partial charge in [-0.2, -0.15) is 0 Å². The maximum Gasteiger partial charge on any atom is 0.336 e. The lowest BCUT2D eigenvalue weighted by molar-refractivity contribution is -0.387. The first-order chi connectivity index (χ1) is 13.0. The quantitative estimate of drug-likeness (QED) is 0.385. The summed E-state index contributed by atoms with van der Waals surface area (Å²) in [5, 5.41) is 16.0. The summed E-state index contributed by atoms with van der Waals surface area (Å²) in [4.78, 5) is 12.4. The lowest BCUT2D eigenvalue weighted by Crippen LogP contribution is -2.48. The van der Waals surface area contributed by atoms with Gasteiger partial charge in [-0.05, 0) is 80.5 Å². The third kappa shape index (κ3) is 2.96. The van der Waals surface area contributed by atoms with Gasteiger partial charge in [0.25, 0.3) is 0 Å². The van der Waals surface area contributed by atoms with Crippen LogP contribution < -0.4 is 0 Å². The number of nitro groups is 1. The first-order valence-electron chi connectivity index (χ1n) is 9.54. The van der Waals surface area contributed by atoms with E-state index in [2.05, 4.69) is 5.16 Å². The third-order valence-electron chi connectivity index (χ3n) is 6.63. The molecule has 6 rings (SSSR count). The van der Waals surface area contributed by atoms with E-state index < -0.39 is 0 Å². The van der Waals surface area contributed by atoms with E-state index >= 15 is 0 Å².